The summed E-state index contributed by atoms with van der Waals surface area (Å²) in [6.07, 6.45) is 1.03. The zero-order valence-corrected chi connectivity index (χ0v) is 13.4. The van der Waals surface area contributed by atoms with E-state index in [0.29, 0.717) is 6.61 Å². The minimum Gasteiger partial charge on any atom is -0.492 e. The number of benzene rings is 1. The minimum absolute atomic E-state index is 0.633. The number of hydrogen-bond donors (Lipinski definition) is 1. The fourth-order valence-corrected chi connectivity index (χ4v) is 2.66. The van der Waals surface area contributed by atoms with Crippen LogP contribution in [0.2, 0.25) is 0 Å². The van der Waals surface area contributed by atoms with Crippen molar-refractivity contribution < 1.29 is 4.74 Å². The van der Waals surface area contributed by atoms with Gasteiger partial charge in [0.1, 0.15) is 12.4 Å². The molecule has 1 N–H and O–H groups in total. The molecule has 0 amide bonds. The predicted octanol–water partition coefficient (Wildman–Crippen LogP) is 2.86. The fourth-order valence-electron chi connectivity index (χ4n) is 2.66. The van der Waals surface area contributed by atoms with Crippen LogP contribution in [0.5, 0.6) is 5.75 Å². The quantitative estimate of drug-likeness (QED) is 0.851. The van der Waals surface area contributed by atoms with E-state index in [1.807, 2.05) is 23.9 Å². The molecule has 0 aliphatic rings. The maximum absolute atomic E-state index is 5.85. The predicted molar refractivity (Wildman–Crippen MR) is 85.8 cm³/mol. The lowest BCUT2D eigenvalue weighted by Crippen LogP contribution is -2.11. The van der Waals surface area contributed by atoms with Gasteiger partial charge in [0.05, 0.1) is 12.2 Å². The van der Waals surface area contributed by atoms with Gasteiger partial charge in [-0.05, 0) is 50.6 Å². The first kappa shape index (κ1) is 15.6. The SMILES string of the molecule is CCc1c(C)nn(CCOc2cccc(CNC)c2)c1C. The van der Waals surface area contributed by atoms with Crippen molar-refractivity contribution in [2.75, 3.05) is 13.7 Å². The Morgan fingerprint density at radius 1 is 1.29 bits per heavy atom. The van der Waals surface area contributed by atoms with E-state index in [1.165, 1.54) is 16.8 Å². The molecule has 21 heavy (non-hydrogen) atoms. The van der Waals surface area contributed by atoms with E-state index in [2.05, 4.69) is 43.3 Å². The third-order valence-electron chi connectivity index (χ3n) is 3.74. The number of aromatic nitrogens is 2. The minimum atomic E-state index is 0.633. The summed E-state index contributed by atoms with van der Waals surface area (Å²) < 4.78 is 7.89. The zero-order valence-electron chi connectivity index (χ0n) is 13.4. The highest BCUT2D eigenvalue weighted by atomic mass is 16.5. The van der Waals surface area contributed by atoms with Gasteiger partial charge in [0.2, 0.25) is 0 Å². The summed E-state index contributed by atoms with van der Waals surface area (Å²) in [5.41, 5.74) is 4.97. The molecule has 114 valence electrons. The van der Waals surface area contributed by atoms with Crippen LogP contribution in [0.25, 0.3) is 0 Å². The smallest absolute Gasteiger partial charge is 0.119 e. The van der Waals surface area contributed by atoms with Gasteiger partial charge in [-0.3, -0.25) is 4.68 Å². The van der Waals surface area contributed by atoms with Crippen LogP contribution in [0.1, 0.15) is 29.4 Å². The molecule has 0 aliphatic heterocycles. The number of rotatable bonds is 7. The van der Waals surface area contributed by atoms with Gasteiger partial charge in [0.15, 0.2) is 0 Å². The average molecular weight is 287 g/mol. The van der Waals surface area contributed by atoms with Crippen molar-refractivity contribution >= 4 is 0 Å². The standard InChI is InChI=1S/C17H25N3O/c1-5-17-13(2)19-20(14(17)3)9-10-21-16-8-6-7-15(11-16)12-18-4/h6-8,11,18H,5,9-10,12H2,1-4H3. The third-order valence-corrected chi connectivity index (χ3v) is 3.74. The topological polar surface area (TPSA) is 39.1 Å². The van der Waals surface area contributed by atoms with E-state index < -0.39 is 0 Å². The maximum Gasteiger partial charge on any atom is 0.119 e. The lowest BCUT2D eigenvalue weighted by molar-refractivity contribution is 0.289. The second-order valence-electron chi connectivity index (χ2n) is 5.25. The number of ether oxygens (including phenoxy) is 1. The summed E-state index contributed by atoms with van der Waals surface area (Å²) in [6, 6.07) is 8.20. The van der Waals surface area contributed by atoms with Crippen molar-refractivity contribution in [1.82, 2.24) is 15.1 Å². The van der Waals surface area contributed by atoms with Crippen molar-refractivity contribution in [1.29, 1.82) is 0 Å². The van der Waals surface area contributed by atoms with Crippen LogP contribution in [0.15, 0.2) is 24.3 Å². The first-order chi connectivity index (χ1) is 10.2. The normalized spacial score (nSPS) is 10.9. The largest absolute Gasteiger partial charge is 0.492 e. The highest BCUT2D eigenvalue weighted by Gasteiger charge is 2.09. The van der Waals surface area contributed by atoms with Gasteiger partial charge in [-0.25, -0.2) is 0 Å². The van der Waals surface area contributed by atoms with Gasteiger partial charge in [-0.1, -0.05) is 19.1 Å². The molecule has 0 spiro atoms. The number of nitrogens with one attached hydrogen (secondary N) is 1. The van der Waals surface area contributed by atoms with E-state index >= 15 is 0 Å². The second kappa shape index (κ2) is 7.27. The molecule has 0 saturated heterocycles. The Labute approximate surface area is 127 Å². The molecule has 2 aromatic rings. The van der Waals surface area contributed by atoms with Gasteiger partial charge >= 0.3 is 0 Å². The summed E-state index contributed by atoms with van der Waals surface area (Å²) in [6.45, 7) is 8.65. The molecule has 2 rings (SSSR count). The molecule has 4 heteroatoms. The van der Waals surface area contributed by atoms with Gasteiger partial charge in [0.25, 0.3) is 0 Å². The van der Waals surface area contributed by atoms with E-state index in [-0.39, 0.29) is 0 Å². The Morgan fingerprint density at radius 2 is 2.10 bits per heavy atom. The zero-order chi connectivity index (χ0) is 15.2. The van der Waals surface area contributed by atoms with Gasteiger partial charge in [-0.15, -0.1) is 0 Å². The first-order valence-electron chi connectivity index (χ1n) is 7.55. The molecule has 1 heterocycles. The van der Waals surface area contributed by atoms with Crippen LogP contribution in [-0.4, -0.2) is 23.4 Å². The van der Waals surface area contributed by atoms with Crippen LogP contribution in [0, 0.1) is 13.8 Å². The third kappa shape index (κ3) is 3.85. The summed E-state index contributed by atoms with van der Waals surface area (Å²) >= 11 is 0. The van der Waals surface area contributed by atoms with Gasteiger partial charge in [0, 0.05) is 12.2 Å². The van der Waals surface area contributed by atoms with E-state index in [9.17, 15) is 0 Å². The van der Waals surface area contributed by atoms with Crippen LogP contribution >= 0.6 is 0 Å². The Morgan fingerprint density at radius 3 is 2.76 bits per heavy atom. The summed E-state index contributed by atoms with van der Waals surface area (Å²) in [5, 5.41) is 7.73. The Bertz CT molecular complexity index is 590. The van der Waals surface area contributed by atoms with Crippen LogP contribution in [-0.2, 0) is 19.5 Å². The Balaban J connectivity index is 1.94. The van der Waals surface area contributed by atoms with E-state index in [0.717, 1.165) is 31.0 Å². The molecule has 0 radical (unpaired) electrons. The number of nitrogens with zero attached hydrogens (tertiary/aromatic N) is 2. The molecule has 1 aromatic carbocycles. The molecule has 0 aliphatic carbocycles. The lowest BCUT2D eigenvalue weighted by atomic mass is 10.1. The van der Waals surface area contributed by atoms with E-state index in [4.69, 9.17) is 4.74 Å². The molecule has 4 nitrogen and oxygen atoms in total. The molecule has 0 fully saturated rings. The molecule has 1 aromatic heterocycles. The van der Waals surface area contributed by atoms with Crippen molar-refractivity contribution in [2.45, 2.75) is 40.3 Å². The average Bonchev–Trinajstić information content (AvgIpc) is 2.74. The first-order valence-corrected chi connectivity index (χ1v) is 7.55. The molecule has 0 bridgehead atoms. The van der Waals surface area contributed by atoms with Gasteiger partial charge in [-0.2, -0.15) is 5.10 Å². The van der Waals surface area contributed by atoms with Crippen LogP contribution < -0.4 is 10.1 Å². The lowest BCUT2D eigenvalue weighted by Gasteiger charge is -2.09. The molecule has 0 atom stereocenters. The monoisotopic (exact) mass is 287 g/mol. The summed E-state index contributed by atoms with van der Waals surface area (Å²) in [4.78, 5) is 0. The van der Waals surface area contributed by atoms with Gasteiger partial charge < -0.3 is 10.1 Å². The summed E-state index contributed by atoms with van der Waals surface area (Å²) in [5.74, 6) is 0.917. The van der Waals surface area contributed by atoms with Crippen LogP contribution in [0.4, 0.5) is 0 Å². The number of aryl methyl sites for hydroxylation is 1. The fraction of sp³-hybridized carbons (Fsp3) is 0.471. The van der Waals surface area contributed by atoms with Crippen LogP contribution in [0.3, 0.4) is 0 Å². The van der Waals surface area contributed by atoms with Crippen molar-refractivity contribution in [3.05, 3.63) is 46.8 Å². The molecular formula is C17H25N3O. The van der Waals surface area contributed by atoms with Crippen molar-refractivity contribution in [3.63, 3.8) is 0 Å². The Hall–Kier alpha value is -1.81. The second-order valence-corrected chi connectivity index (χ2v) is 5.25. The number of hydrogen-bond acceptors (Lipinski definition) is 3. The summed E-state index contributed by atoms with van der Waals surface area (Å²) in [7, 11) is 1.95. The van der Waals surface area contributed by atoms with Crippen molar-refractivity contribution in [3.8, 4) is 5.75 Å². The highest BCUT2D eigenvalue weighted by Crippen LogP contribution is 2.15. The molecular weight excluding hydrogens is 262 g/mol. The van der Waals surface area contributed by atoms with E-state index in [1.54, 1.807) is 0 Å². The maximum atomic E-state index is 5.85. The Kier molecular flexibility index (Phi) is 5.39. The van der Waals surface area contributed by atoms with Crippen molar-refractivity contribution in [2.24, 2.45) is 0 Å². The molecule has 0 saturated carbocycles. The molecule has 0 unspecified atom stereocenters. The highest BCUT2D eigenvalue weighted by molar-refractivity contribution is 5.28.